The maximum absolute atomic E-state index is 12.3. The highest BCUT2D eigenvalue weighted by Crippen LogP contribution is 2.29. The van der Waals surface area contributed by atoms with Gasteiger partial charge >= 0.3 is 12.6 Å². The van der Waals surface area contributed by atoms with Gasteiger partial charge in [0.2, 0.25) is 0 Å². The van der Waals surface area contributed by atoms with Crippen molar-refractivity contribution in [2.75, 3.05) is 20.8 Å². The first kappa shape index (κ1) is 22.7. The van der Waals surface area contributed by atoms with Crippen molar-refractivity contribution in [3.63, 3.8) is 0 Å². The third kappa shape index (κ3) is 7.08. The molecule has 0 saturated heterocycles. The molecule has 0 atom stereocenters. The minimum atomic E-state index is -2.98. The summed E-state index contributed by atoms with van der Waals surface area (Å²) in [7, 11) is 2.84. The topological polar surface area (TPSA) is 83.1 Å². The highest BCUT2D eigenvalue weighted by atomic mass is 19.3. The van der Waals surface area contributed by atoms with Gasteiger partial charge in [0.05, 0.1) is 14.2 Å². The summed E-state index contributed by atoms with van der Waals surface area (Å²) in [6.45, 7) is -3.21. The molecule has 1 amide bonds. The largest absolute Gasteiger partial charge is 0.496 e. The van der Waals surface area contributed by atoms with Gasteiger partial charge in [0.1, 0.15) is 5.75 Å². The van der Waals surface area contributed by atoms with E-state index < -0.39 is 25.1 Å². The molecule has 160 valence electrons. The van der Waals surface area contributed by atoms with Crippen molar-refractivity contribution < 1.29 is 37.3 Å². The van der Waals surface area contributed by atoms with Crippen molar-refractivity contribution >= 4 is 18.0 Å². The number of benzene rings is 2. The lowest BCUT2D eigenvalue weighted by atomic mass is 10.2. The molecule has 9 heteroatoms. The molecule has 0 aromatic heterocycles. The Balaban J connectivity index is 1.83. The molecule has 0 heterocycles. The zero-order chi connectivity index (χ0) is 21.9. The van der Waals surface area contributed by atoms with Crippen molar-refractivity contribution in [1.82, 2.24) is 5.32 Å². The minimum Gasteiger partial charge on any atom is -0.496 e. The average Bonchev–Trinajstić information content (AvgIpc) is 2.75. The lowest BCUT2D eigenvalue weighted by molar-refractivity contribution is -0.143. The van der Waals surface area contributed by atoms with Crippen LogP contribution in [-0.2, 0) is 20.9 Å². The normalized spacial score (nSPS) is 10.7. The van der Waals surface area contributed by atoms with E-state index in [1.165, 1.54) is 38.5 Å². The van der Waals surface area contributed by atoms with Crippen LogP contribution >= 0.6 is 0 Å². The molecule has 30 heavy (non-hydrogen) atoms. The molecule has 0 radical (unpaired) electrons. The van der Waals surface area contributed by atoms with Crippen LogP contribution in [0.5, 0.6) is 17.2 Å². The fourth-order valence-corrected chi connectivity index (χ4v) is 2.42. The smallest absolute Gasteiger partial charge is 0.387 e. The van der Waals surface area contributed by atoms with Gasteiger partial charge in [-0.25, -0.2) is 4.79 Å². The fourth-order valence-electron chi connectivity index (χ4n) is 2.42. The summed E-state index contributed by atoms with van der Waals surface area (Å²) >= 11 is 0. The molecule has 1 N–H and O–H groups in total. The van der Waals surface area contributed by atoms with Crippen LogP contribution < -0.4 is 19.5 Å². The van der Waals surface area contributed by atoms with Crippen molar-refractivity contribution in [2.45, 2.75) is 13.2 Å². The van der Waals surface area contributed by atoms with Gasteiger partial charge in [-0.2, -0.15) is 8.78 Å². The Hall–Kier alpha value is -3.62. The molecule has 0 aliphatic heterocycles. The highest BCUT2D eigenvalue weighted by Gasteiger charge is 2.11. The number of methoxy groups -OCH3 is 2. The van der Waals surface area contributed by atoms with Gasteiger partial charge in [-0.05, 0) is 29.8 Å². The third-order valence-corrected chi connectivity index (χ3v) is 3.83. The standard InChI is InChI=1S/C21H21F2NO6/c1-27-16-6-4-3-5-15(16)12-24-19(25)13-29-20(26)10-8-14-7-9-17(30-21(22)23)18(11-14)28-2/h3-11,21H,12-13H2,1-2H3,(H,24,25)/b10-8+. The summed E-state index contributed by atoms with van der Waals surface area (Å²) in [6, 6.07) is 11.4. The predicted octanol–water partition coefficient (Wildman–Crippen LogP) is 3.18. The summed E-state index contributed by atoms with van der Waals surface area (Å²) in [5.41, 5.74) is 1.28. The Morgan fingerprint density at radius 2 is 1.77 bits per heavy atom. The molecule has 2 rings (SSSR count). The summed E-state index contributed by atoms with van der Waals surface area (Å²) in [5, 5.41) is 2.63. The molecule has 0 saturated carbocycles. The molecular weight excluding hydrogens is 400 g/mol. The summed E-state index contributed by atoms with van der Waals surface area (Å²) in [5.74, 6) is -0.620. The van der Waals surface area contributed by atoms with Crippen LogP contribution in [0.2, 0.25) is 0 Å². The second kappa shape index (κ2) is 11.4. The number of carbonyl (C=O) groups excluding carboxylic acids is 2. The molecule has 0 fully saturated rings. The van der Waals surface area contributed by atoms with Gasteiger partial charge in [-0.15, -0.1) is 0 Å². The zero-order valence-electron chi connectivity index (χ0n) is 16.4. The maximum atomic E-state index is 12.3. The van der Waals surface area contributed by atoms with Crippen LogP contribution in [0, 0.1) is 0 Å². The Morgan fingerprint density at radius 1 is 1.03 bits per heavy atom. The van der Waals surface area contributed by atoms with Gasteiger partial charge in [0, 0.05) is 18.2 Å². The quantitative estimate of drug-likeness (QED) is 0.469. The second-order valence-electron chi connectivity index (χ2n) is 5.82. The van der Waals surface area contributed by atoms with Gasteiger partial charge in [0.15, 0.2) is 18.1 Å². The molecule has 2 aromatic rings. The van der Waals surface area contributed by atoms with E-state index >= 15 is 0 Å². The summed E-state index contributed by atoms with van der Waals surface area (Å²) < 4.78 is 44.1. The van der Waals surface area contributed by atoms with Crippen molar-refractivity contribution in [2.24, 2.45) is 0 Å². The van der Waals surface area contributed by atoms with Crippen LogP contribution in [0.15, 0.2) is 48.5 Å². The molecule has 0 bridgehead atoms. The first-order chi connectivity index (χ1) is 14.4. The lowest BCUT2D eigenvalue weighted by Crippen LogP contribution is -2.28. The van der Waals surface area contributed by atoms with Crippen molar-refractivity contribution in [3.8, 4) is 17.2 Å². The van der Waals surface area contributed by atoms with Crippen LogP contribution in [0.25, 0.3) is 6.08 Å². The minimum absolute atomic E-state index is 0.0848. The maximum Gasteiger partial charge on any atom is 0.387 e. The first-order valence-corrected chi connectivity index (χ1v) is 8.79. The summed E-state index contributed by atoms with van der Waals surface area (Å²) in [6.07, 6.45) is 2.50. The Bertz CT molecular complexity index is 901. The number of para-hydroxylation sites is 1. The predicted molar refractivity (Wildman–Crippen MR) is 104 cm³/mol. The molecule has 0 aliphatic carbocycles. The number of hydrogen-bond donors (Lipinski definition) is 1. The number of amides is 1. The Labute approximate surface area is 172 Å². The van der Waals surface area contributed by atoms with E-state index in [-0.39, 0.29) is 18.0 Å². The number of hydrogen-bond acceptors (Lipinski definition) is 6. The van der Waals surface area contributed by atoms with E-state index in [0.29, 0.717) is 11.3 Å². The molecular formula is C21H21F2NO6. The Kier molecular flexibility index (Phi) is 8.61. The average molecular weight is 421 g/mol. The molecule has 2 aromatic carbocycles. The monoisotopic (exact) mass is 421 g/mol. The van der Waals surface area contributed by atoms with E-state index in [4.69, 9.17) is 14.2 Å². The molecule has 0 spiro atoms. The van der Waals surface area contributed by atoms with E-state index in [9.17, 15) is 18.4 Å². The van der Waals surface area contributed by atoms with E-state index in [1.807, 2.05) is 12.1 Å². The van der Waals surface area contributed by atoms with Gasteiger partial charge in [-0.1, -0.05) is 24.3 Å². The zero-order valence-corrected chi connectivity index (χ0v) is 16.4. The second-order valence-corrected chi connectivity index (χ2v) is 5.82. The molecule has 7 nitrogen and oxygen atoms in total. The molecule has 0 aliphatic rings. The lowest BCUT2D eigenvalue weighted by Gasteiger charge is -2.10. The number of alkyl halides is 2. The number of halogens is 2. The third-order valence-electron chi connectivity index (χ3n) is 3.83. The highest BCUT2D eigenvalue weighted by molar-refractivity contribution is 5.89. The molecule has 0 unspecified atom stereocenters. The van der Waals surface area contributed by atoms with E-state index in [2.05, 4.69) is 10.1 Å². The number of carbonyl (C=O) groups is 2. The number of nitrogens with one attached hydrogen (secondary N) is 1. The van der Waals surface area contributed by atoms with Crippen LogP contribution in [0.4, 0.5) is 8.78 Å². The van der Waals surface area contributed by atoms with Crippen molar-refractivity contribution in [1.29, 1.82) is 0 Å². The number of ether oxygens (including phenoxy) is 4. The van der Waals surface area contributed by atoms with Crippen LogP contribution in [0.1, 0.15) is 11.1 Å². The number of esters is 1. The number of rotatable bonds is 10. The summed E-state index contributed by atoms with van der Waals surface area (Å²) in [4.78, 5) is 23.7. The van der Waals surface area contributed by atoms with Gasteiger partial charge in [0.25, 0.3) is 5.91 Å². The van der Waals surface area contributed by atoms with Gasteiger partial charge in [-0.3, -0.25) is 4.79 Å². The fraction of sp³-hybridized carbons (Fsp3) is 0.238. The van der Waals surface area contributed by atoms with Crippen LogP contribution in [0.3, 0.4) is 0 Å². The van der Waals surface area contributed by atoms with E-state index in [1.54, 1.807) is 12.1 Å². The van der Waals surface area contributed by atoms with Gasteiger partial charge < -0.3 is 24.3 Å². The SMILES string of the molecule is COc1ccccc1CNC(=O)COC(=O)/C=C/c1ccc(OC(F)F)c(OC)c1. The van der Waals surface area contributed by atoms with Crippen molar-refractivity contribution in [3.05, 3.63) is 59.7 Å². The van der Waals surface area contributed by atoms with E-state index in [0.717, 1.165) is 11.6 Å². The van der Waals surface area contributed by atoms with Crippen LogP contribution in [-0.4, -0.2) is 39.3 Å². The Morgan fingerprint density at radius 3 is 2.47 bits per heavy atom. The first-order valence-electron chi connectivity index (χ1n) is 8.79.